The Kier molecular flexibility index (Phi) is 4.88. The molecule has 1 aromatic heterocycles. The number of benzene rings is 2. The number of carbonyl (C=O) groups excluding carboxylic acids is 1. The van der Waals surface area contributed by atoms with Gasteiger partial charge in [-0.1, -0.05) is 24.3 Å². The molecule has 0 spiro atoms. The number of hydrogen-bond acceptors (Lipinski definition) is 3. The Morgan fingerprint density at radius 2 is 1.65 bits per heavy atom. The average molecular weight is 358 g/mol. The number of carbonyl (C=O) groups is 1. The molecule has 1 amide bonds. The summed E-state index contributed by atoms with van der Waals surface area (Å²) >= 11 is 0. The van der Waals surface area contributed by atoms with Crippen LogP contribution >= 0.6 is 0 Å². The third-order valence-corrected chi connectivity index (χ3v) is 3.39. The predicted molar refractivity (Wildman–Crippen MR) is 90.2 cm³/mol. The van der Waals surface area contributed by atoms with Gasteiger partial charge < -0.3 is 10.1 Å². The summed E-state index contributed by atoms with van der Waals surface area (Å²) in [5.41, 5.74) is -0.581. The molecular weight excluding hydrogens is 345 g/mol. The molecule has 0 unspecified atom stereocenters. The van der Waals surface area contributed by atoms with E-state index in [1.807, 2.05) is 18.2 Å². The lowest BCUT2D eigenvalue weighted by Gasteiger charge is -2.09. The van der Waals surface area contributed by atoms with E-state index in [1.165, 1.54) is 0 Å². The van der Waals surface area contributed by atoms with E-state index in [2.05, 4.69) is 10.3 Å². The normalized spacial score (nSPS) is 11.0. The third-order valence-electron chi connectivity index (χ3n) is 3.39. The molecule has 4 nitrogen and oxygen atoms in total. The molecule has 0 aliphatic carbocycles. The molecule has 0 bridgehead atoms. The highest BCUT2D eigenvalue weighted by Crippen LogP contribution is 2.27. The van der Waals surface area contributed by atoms with Gasteiger partial charge in [-0.15, -0.1) is 0 Å². The number of rotatable bonds is 4. The molecule has 0 saturated heterocycles. The summed E-state index contributed by atoms with van der Waals surface area (Å²) in [6, 6.07) is 17.6. The summed E-state index contributed by atoms with van der Waals surface area (Å²) in [5.74, 6) is 0.588. The Bertz CT molecular complexity index is 895. The molecule has 0 atom stereocenters. The molecule has 0 radical (unpaired) electrons. The van der Waals surface area contributed by atoms with E-state index in [0.29, 0.717) is 17.2 Å². The Morgan fingerprint density at radius 1 is 0.923 bits per heavy atom. The molecule has 2 aromatic carbocycles. The minimum atomic E-state index is -4.54. The van der Waals surface area contributed by atoms with Crippen molar-refractivity contribution in [3.63, 3.8) is 0 Å². The fourth-order valence-electron chi connectivity index (χ4n) is 2.16. The average Bonchev–Trinajstić information content (AvgIpc) is 2.62. The number of hydrogen-bond donors (Lipinski definition) is 1. The molecule has 7 heteroatoms. The van der Waals surface area contributed by atoms with Crippen LogP contribution in [0, 0.1) is 0 Å². The number of halogens is 3. The van der Waals surface area contributed by atoms with Gasteiger partial charge in [0, 0.05) is 18.0 Å². The van der Waals surface area contributed by atoms with Crippen molar-refractivity contribution in [2.24, 2.45) is 0 Å². The van der Waals surface area contributed by atoms with E-state index in [0.717, 1.165) is 18.3 Å². The molecule has 0 saturated carbocycles. The second-order valence-corrected chi connectivity index (χ2v) is 5.33. The Morgan fingerprint density at radius 3 is 2.31 bits per heavy atom. The summed E-state index contributed by atoms with van der Waals surface area (Å²) < 4.78 is 43.2. The molecule has 0 aliphatic heterocycles. The van der Waals surface area contributed by atoms with Crippen LogP contribution in [0.1, 0.15) is 16.1 Å². The lowest BCUT2D eigenvalue weighted by atomic mass is 10.2. The fourth-order valence-corrected chi connectivity index (χ4v) is 2.16. The minimum Gasteiger partial charge on any atom is -0.457 e. The fraction of sp³-hybridized carbons (Fsp3) is 0.0526. The number of aromatic nitrogens is 1. The first kappa shape index (κ1) is 17.5. The van der Waals surface area contributed by atoms with Gasteiger partial charge in [-0.3, -0.25) is 9.78 Å². The molecule has 26 heavy (non-hydrogen) atoms. The molecule has 1 heterocycles. The molecular formula is C19H13F3N2O2. The van der Waals surface area contributed by atoms with Crippen molar-refractivity contribution in [3.05, 3.63) is 84.2 Å². The van der Waals surface area contributed by atoms with Crippen molar-refractivity contribution in [1.82, 2.24) is 4.98 Å². The number of alkyl halides is 3. The van der Waals surface area contributed by atoms with E-state index < -0.39 is 17.8 Å². The van der Waals surface area contributed by atoms with Crippen LogP contribution in [-0.2, 0) is 6.18 Å². The smallest absolute Gasteiger partial charge is 0.433 e. The van der Waals surface area contributed by atoms with Gasteiger partial charge in [0.25, 0.3) is 5.91 Å². The van der Waals surface area contributed by atoms with Crippen LogP contribution in [0.15, 0.2) is 72.9 Å². The highest BCUT2D eigenvalue weighted by atomic mass is 19.4. The molecule has 1 N–H and O–H groups in total. The third kappa shape index (κ3) is 4.38. The number of pyridine rings is 1. The number of nitrogens with one attached hydrogen (secondary N) is 1. The summed E-state index contributed by atoms with van der Waals surface area (Å²) in [7, 11) is 0. The van der Waals surface area contributed by atoms with Crippen LogP contribution in [0.5, 0.6) is 11.5 Å². The summed E-state index contributed by atoms with van der Waals surface area (Å²) in [4.78, 5) is 15.4. The minimum absolute atomic E-state index is 0.0207. The largest absolute Gasteiger partial charge is 0.457 e. The Labute approximate surface area is 147 Å². The first-order valence-corrected chi connectivity index (χ1v) is 7.59. The van der Waals surface area contributed by atoms with E-state index in [-0.39, 0.29) is 5.56 Å². The molecule has 0 aliphatic rings. The molecule has 132 valence electrons. The van der Waals surface area contributed by atoms with Gasteiger partial charge >= 0.3 is 6.18 Å². The standard InChI is InChI=1S/C19H13F3N2O2/c20-19(21,22)17-10-9-13(12-23-17)18(25)24-14-5-4-8-16(11-14)26-15-6-2-1-3-7-15/h1-12H,(H,24,25). The van der Waals surface area contributed by atoms with Gasteiger partial charge in [0.1, 0.15) is 17.2 Å². The van der Waals surface area contributed by atoms with E-state index >= 15 is 0 Å². The highest BCUT2D eigenvalue weighted by Gasteiger charge is 2.32. The topological polar surface area (TPSA) is 51.2 Å². The van der Waals surface area contributed by atoms with Crippen LogP contribution < -0.4 is 10.1 Å². The number of anilines is 1. The van der Waals surface area contributed by atoms with Gasteiger partial charge in [0.2, 0.25) is 0 Å². The first-order chi connectivity index (χ1) is 12.4. The maximum Gasteiger partial charge on any atom is 0.433 e. The second-order valence-electron chi connectivity index (χ2n) is 5.33. The van der Waals surface area contributed by atoms with Crippen LogP contribution in [0.2, 0.25) is 0 Å². The summed E-state index contributed by atoms with van der Waals surface area (Å²) in [5, 5.41) is 2.60. The zero-order valence-corrected chi connectivity index (χ0v) is 13.3. The quantitative estimate of drug-likeness (QED) is 0.702. The monoisotopic (exact) mass is 358 g/mol. The Hall–Kier alpha value is -3.35. The van der Waals surface area contributed by atoms with Crippen LogP contribution in [0.3, 0.4) is 0 Å². The van der Waals surface area contributed by atoms with Crippen molar-refractivity contribution >= 4 is 11.6 Å². The first-order valence-electron chi connectivity index (χ1n) is 7.59. The zero-order valence-electron chi connectivity index (χ0n) is 13.3. The number of para-hydroxylation sites is 1. The number of amides is 1. The van der Waals surface area contributed by atoms with Crippen molar-refractivity contribution in [1.29, 1.82) is 0 Å². The maximum atomic E-state index is 12.5. The highest BCUT2D eigenvalue weighted by molar-refractivity contribution is 6.04. The van der Waals surface area contributed by atoms with Crippen molar-refractivity contribution in [3.8, 4) is 11.5 Å². The number of nitrogens with zero attached hydrogens (tertiary/aromatic N) is 1. The lowest BCUT2D eigenvalue weighted by Crippen LogP contribution is -2.14. The number of ether oxygens (including phenoxy) is 1. The zero-order chi connectivity index (χ0) is 18.6. The van der Waals surface area contributed by atoms with E-state index in [1.54, 1.807) is 36.4 Å². The summed E-state index contributed by atoms with van der Waals surface area (Å²) in [6.07, 6.45) is -3.65. The van der Waals surface area contributed by atoms with Crippen molar-refractivity contribution < 1.29 is 22.7 Å². The maximum absolute atomic E-state index is 12.5. The van der Waals surface area contributed by atoms with Gasteiger partial charge in [-0.05, 0) is 36.4 Å². The predicted octanol–water partition coefficient (Wildman–Crippen LogP) is 5.15. The SMILES string of the molecule is O=C(Nc1cccc(Oc2ccccc2)c1)c1ccc(C(F)(F)F)nc1. The summed E-state index contributed by atoms with van der Waals surface area (Å²) in [6.45, 7) is 0. The van der Waals surface area contributed by atoms with Gasteiger partial charge in [0.05, 0.1) is 5.56 Å². The van der Waals surface area contributed by atoms with Crippen LogP contribution in [0.25, 0.3) is 0 Å². The lowest BCUT2D eigenvalue weighted by molar-refractivity contribution is -0.141. The van der Waals surface area contributed by atoms with Gasteiger partial charge in [-0.25, -0.2) is 0 Å². The van der Waals surface area contributed by atoms with Gasteiger partial charge in [-0.2, -0.15) is 13.2 Å². The molecule has 3 aromatic rings. The molecule has 0 fully saturated rings. The van der Waals surface area contributed by atoms with Gasteiger partial charge in [0.15, 0.2) is 0 Å². The van der Waals surface area contributed by atoms with Crippen molar-refractivity contribution in [2.75, 3.05) is 5.32 Å². The Balaban J connectivity index is 1.70. The second kappa shape index (κ2) is 7.26. The van der Waals surface area contributed by atoms with Crippen LogP contribution in [0.4, 0.5) is 18.9 Å². The van der Waals surface area contributed by atoms with Crippen LogP contribution in [-0.4, -0.2) is 10.9 Å². The van der Waals surface area contributed by atoms with E-state index in [9.17, 15) is 18.0 Å². The van der Waals surface area contributed by atoms with Crippen molar-refractivity contribution in [2.45, 2.75) is 6.18 Å². The molecule has 3 rings (SSSR count). The van der Waals surface area contributed by atoms with E-state index in [4.69, 9.17) is 4.74 Å².